The van der Waals surface area contributed by atoms with Crippen molar-refractivity contribution in [3.8, 4) is 6.07 Å². The number of aromatic amines is 1. The van der Waals surface area contributed by atoms with E-state index in [0.717, 1.165) is 32.4 Å². The van der Waals surface area contributed by atoms with E-state index in [1.165, 1.54) is 0 Å². The van der Waals surface area contributed by atoms with E-state index < -0.39 is 0 Å². The highest BCUT2D eigenvalue weighted by molar-refractivity contribution is 5.90. The van der Waals surface area contributed by atoms with E-state index >= 15 is 0 Å². The van der Waals surface area contributed by atoms with Crippen LogP contribution >= 0.6 is 0 Å². The van der Waals surface area contributed by atoms with Crippen molar-refractivity contribution in [1.82, 2.24) is 15.5 Å². The van der Waals surface area contributed by atoms with Gasteiger partial charge in [-0.1, -0.05) is 6.92 Å². The number of urea groups is 1. The minimum absolute atomic E-state index is 0.324. The Bertz CT molecular complexity index is 483. The molecule has 7 heteroatoms. The molecule has 0 saturated carbocycles. The molecule has 0 radical (unpaired) electrons. The highest BCUT2D eigenvalue weighted by Crippen LogP contribution is 2.26. The number of aromatic nitrogens is 2. The molecule has 0 aliphatic carbocycles. The predicted octanol–water partition coefficient (Wildman–Crippen LogP) is 1.41. The molecule has 0 unspecified atom stereocenters. The lowest BCUT2D eigenvalue weighted by Gasteiger charge is -2.13. The minimum atomic E-state index is -0.324. The van der Waals surface area contributed by atoms with E-state index in [4.69, 9.17) is 0 Å². The first kappa shape index (κ1) is 13.2. The molecular weight excluding hydrogens is 244 g/mol. The molecule has 1 fully saturated rings. The van der Waals surface area contributed by atoms with Gasteiger partial charge in [-0.2, -0.15) is 10.4 Å². The Morgan fingerprint density at radius 2 is 2.26 bits per heavy atom. The second-order valence-corrected chi connectivity index (χ2v) is 4.48. The van der Waals surface area contributed by atoms with Gasteiger partial charge in [-0.05, 0) is 19.3 Å². The highest BCUT2D eigenvalue weighted by Gasteiger charge is 2.22. The standard InChI is InChI=1S/C12H18N6O/c1-2-5-14-12(19)15-10-9(8-13)11(17-16-10)18-6-3-4-7-18/h2-7H2,1H3,(H3,14,15,16,17,19). The quantitative estimate of drug-likeness (QED) is 0.764. The van der Waals surface area contributed by atoms with Crippen molar-refractivity contribution < 1.29 is 4.79 Å². The summed E-state index contributed by atoms with van der Waals surface area (Å²) in [4.78, 5) is 13.6. The van der Waals surface area contributed by atoms with Crippen LogP contribution in [0, 0.1) is 11.3 Å². The van der Waals surface area contributed by atoms with Crippen molar-refractivity contribution in [2.45, 2.75) is 26.2 Å². The lowest BCUT2D eigenvalue weighted by molar-refractivity contribution is 0.252. The van der Waals surface area contributed by atoms with Gasteiger partial charge < -0.3 is 10.2 Å². The smallest absolute Gasteiger partial charge is 0.320 e. The molecular formula is C12H18N6O. The Morgan fingerprint density at radius 1 is 1.53 bits per heavy atom. The van der Waals surface area contributed by atoms with Gasteiger partial charge in [0.2, 0.25) is 0 Å². The molecule has 1 aromatic rings. The fourth-order valence-corrected chi connectivity index (χ4v) is 2.08. The second kappa shape index (κ2) is 6.09. The Labute approximate surface area is 112 Å². The third kappa shape index (κ3) is 2.96. The molecule has 102 valence electrons. The Kier molecular flexibility index (Phi) is 4.23. The average molecular weight is 262 g/mol. The summed E-state index contributed by atoms with van der Waals surface area (Å²) in [6, 6.07) is 1.78. The third-order valence-corrected chi connectivity index (χ3v) is 3.04. The van der Waals surface area contributed by atoms with Crippen LogP contribution in [0.25, 0.3) is 0 Å². The number of nitrogens with one attached hydrogen (secondary N) is 3. The molecule has 1 aliphatic rings. The molecule has 0 spiro atoms. The molecule has 2 amide bonds. The van der Waals surface area contributed by atoms with Gasteiger partial charge in [0, 0.05) is 19.6 Å². The van der Waals surface area contributed by atoms with E-state index in [1.54, 1.807) is 0 Å². The molecule has 2 heterocycles. The van der Waals surface area contributed by atoms with Crippen LogP contribution in [-0.2, 0) is 0 Å². The van der Waals surface area contributed by atoms with Gasteiger partial charge in [-0.25, -0.2) is 4.79 Å². The number of amides is 2. The Morgan fingerprint density at radius 3 is 2.89 bits per heavy atom. The molecule has 1 aromatic heterocycles. The summed E-state index contributed by atoms with van der Waals surface area (Å²) >= 11 is 0. The maximum absolute atomic E-state index is 11.6. The van der Waals surface area contributed by atoms with Crippen LogP contribution in [0.2, 0.25) is 0 Å². The molecule has 0 aromatic carbocycles. The summed E-state index contributed by atoms with van der Waals surface area (Å²) in [5.74, 6) is 0.990. The second-order valence-electron chi connectivity index (χ2n) is 4.48. The topological polar surface area (TPSA) is 96.8 Å². The fourth-order valence-electron chi connectivity index (χ4n) is 2.08. The van der Waals surface area contributed by atoms with Crippen LogP contribution in [-0.4, -0.2) is 35.9 Å². The molecule has 7 nitrogen and oxygen atoms in total. The van der Waals surface area contributed by atoms with E-state index in [9.17, 15) is 10.1 Å². The molecule has 2 rings (SSSR count). The van der Waals surface area contributed by atoms with Gasteiger partial charge in [0.05, 0.1) is 0 Å². The van der Waals surface area contributed by atoms with Gasteiger partial charge >= 0.3 is 6.03 Å². The maximum atomic E-state index is 11.6. The third-order valence-electron chi connectivity index (χ3n) is 3.04. The molecule has 0 atom stereocenters. The molecule has 1 saturated heterocycles. The zero-order valence-electron chi connectivity index (χ0n) is 11.0. The van der Waals surface area contributed by atoms with Crippen LogP contribution in [0.4, 0.5) is 16.4 Å². The van der Waals surface area contributed by atoms with E-state index in [0.29, 0.717) is 23.7 Å². The summed E-state index contributed by atoms with van der Waals surface area (Å²) in [5, 5.41) is 21.4. The van der Waals surface area contributed by atoms with E-state index in [-0.39, 0.29) is 6.03 Å². The molecule has 0 bridgehead atoms. The summed E-state index contributed by atoms with van der Waals surface area (Å²) < 4.78 is 0. The first-order valence-corrected chi connectivity index (χ1v) is 6.54. The van der Waals surface area contributed by atoms with Crippen LogP contribution in [0.15, 0.2) is 0 Å². The zero-order valence-corrected chi connectivity index (χ0v) is 11.0. The first-order chi connectivity index (χ1) is 9.26. The van der Waals surface area contributed by atoms with Gasteiger partial charge in [-0.3, -0.25) is 10.4 Å². The number of rotatable bonds is 4. The predicted molar refractivity (Wildman–Crippen MR) is 72.1 cm³/mol. The number of H-pyrrole nitrogens is 1. The fraction of sp³-hybridized carbons (Fsp3) is 0.583. The molecule has 3 N–H and O–H groups in total. The number of hydrogen-bond acceptors (Lipinski definition) is 4. The van der Waals surface area contributed by atoms with Gasteiger partial charge in [0.15, 0.2) is 5.82 Å². The van der Waals surface area contributed by atoms with Crippen molar-refractivity contribution in [2.75, 3.05) is 29.9 Å². The van der Waals surface area contributed by atoms with Gasteiger partial charge in [0.1, 0.15) is 17.5 Å². The van der Waals surface area contributed by atoms with Crippen LogP contribution in [0.5, 0.6) is 0 Å². The van der Waals surface area contributed by atoms with Crippen molar-refractivity contribution in [1.29, 1.82) is 5.26 Å². The zero-order chi connectivity index (χ0) is 13.7. The highest BCUT2D eigenvalue weighted by atomic mass is 16.2. The molecule has 1 aliphatic heterocycles. The number of carbonyl (C=O) groups excluding carboxylic acids is 1. The monoisotopic (exact) mass is 262 g/mol. The van der Waals surface area contributed by atoms with Crippen LogP contribution in [0.3, 0.4) is 0 Å². The van der Waals surface area contributed by atoms with Crippen molar-refractivity contribution in [3.63, 3.8) is 0 Å². The van der Waals surface area contributed by atoms with Crippen molar-refractivity contribution in [3.05, 3.63) is 5.56 Å². The summed E-state index contributed by atoms with van der Waals surface area (Å²) in [6.07, 6.45) is 3.08. The number of nitrogens with zero attached hydrogens (tertiary/aromatic N) is 3. The largest absolute Gasteiger partial charge is 0.354 e. The van der Waals surface area contributed by atoms with E-state index in [2.05, 4.69) is 31.8 Å². The number of nitriles is 1. The van der Waals surface area contributed by atoms with Crippen LogP contribution in [0.1, 0.15) is 31.7 Å². The van der Waals surface area contributed by atoms with E-state index in [1.807, 2.05) is 6.92 Å². The lowest BCUT2D eigenvalue weighted by atomic mass is 10.3. The number of carbonyl (C=O) groups is 1. The first-order valence-electron chi connectivity index (χ1n) is 6.54. The van der Waals surface area contributed by atoms with Gasteiger partial charge in [0.25, 0.3) is 0 Å². The summed E-state index contributed by atoms with van der Waals surface area (Å²) in [7, 11) is 0. The summed E-state index contributed by atoms with van der Waals surface area (Å²) in [6.45, 7) is 4.38. The Hall–Kier alpha value is -2.23. The van der Waals surface area contributed by atoms with Crippen LogP contribution < -0.4 is 15.5 Å². The van der Waals surface area contributed by atoms with Gasteiger partial charge in [-0.15, -0.1) is 0 Å². The SMILES string of the molecule is CCCNC(=O)Nc1[nH]nc(N2CCCC2)c1C#N. The lowest BCUT2D eigenvalue weighted by Crippen LogP contribution is -2.29. The van der Waals surface area contributed by atoms with Crippen molar-refractivity contribution in [2.24, 2.45) is 0 Å². The van der Waals surface area contributed by atoms with Crippen molar-refractivity contribution >= 4 is 17.7 Å². The number of anilines is 2. The molecule has 19 heavy (non-hydrogen) atoms. The normalized spacial score (nSPS) is 14.2. The maximum Gasteiger partial charge on any atom is 0.320 e. The average Bonchev–Trinajstić information content (AvgIpc) is 3.04. The summed E-state index contributed by atoms with van der Waals surface area (Å²) in [5.41, 5.74) is 0.397. The number of hydrogen-bond donors (Lipinski definition) is 3. The minimum Gasteiger partial charge on any atom is -0.354 e. The Balaban J connectivity index is 2.09.